The van der Waals surface area contributed by atoms with Gasteiger partial charge in [-0.3, -0.25) is 0 Å². The Hall–Kier alpha value is -0.940. The standard InChI is InChI=1S/C12H18FNO2S/c1-2-17(15,16)8-4-7-14-10-11-5-3-6-12(13)9-11/h3,5-6,9,14H,2,4,7-8,10H2,1H3. The summed E-state index contributed by atoms with van der Waals surface area (Å²) in [5, 5.41) is 3.09. The molecule has 0 aliphatic heterocycles. The van der Waals surface area contributed by atoms with Gasteiger partial charge in [-0.1, -0.05) is 19.1 Å². The molecule has 1 rings (SSSR count). The molecule has 0 aliphatic carbocycles. The minimum absolute atomic E-state index is 0.191. The van der Waals surface area contributed by atoms with Gasteiger partial charge in [0.1, 0.15) is 15.7 Å². The van der Waals surface area contributed by atoms with Gasteiger partial charge in [0.15, 0.2) is 0 Å². The predicted octanol–water partition coefficient (Wildman–Crippen LogP) is 1.74. The van der Waals surface area contributed by atoms with Crippen molar-refractivity contribution < 1.29 is 12.8 Å². The van der Waals surface area contributed by atoms with Crippen molar-refractivity contribution in [2.24, 2.45) is 0 Å². The molecular formula is C12H18FNO2S. The third-order valence-electron chi connectivity index (χ3n) is 2.47. The maximum absolute atomic E-state index is 12.8. The van der Waals surface area contributed by atoms with Crippen LogP contribution in [0, 0.1) is 5.82 Å². The van der Waals surface area contributed by atoms with E-state index in [9.17, 15) is 12.8 Å². The molecule has 3 nitrogen and oxygen atoms in total. The molecule has 1 aromatic carbocycles. The first-order valence-corrected chi connectivity index (χ1v) is 7.51. The molecule has 0 fully saturated rings. The highest BCUT2D eigenvalue weighted by molar-refractivity contribution is 7.91. The van der Waals surface area contributed by atoms with Crippen LogP contribution in [0.3, 0.4) is 0 Å². The van der Waals surface area contributed by atoms with Gasteiger partial charge in [-0.2, -0.15) is 0 Å². The summed E-state index contributed by atoms with van der Waals surface area (Å²) < 4.78 is 35.2. The average Bonchev–Trinajstić information content (AvgIpc) is 2.29. The van der Waals surface area contributed by atoms with Gasteiger partial charge < -0.3 is 5.32 Å². The highest BCUT2D eigenvalue weighted by Crippen LogP contribution is 2.02. The molecule has 17 heavy (non-hydrogen) atoms. The van der Waals surface area contributed by atoms with Crippen LogP contribution in [-0.2, 0) is 16.4 Å². The molecular weight excluding hydrogens is 241 g/mol. The summed E-state index contributed by atoms with van der Waals surface area (Å²) in [6.45, 7) is 2.83. The van der Waals surface area contributed by atoms with Crippen molar-refractivity contribution in [3.8, 4) is 0 Å². The summed E-state index contributed by atoms with van der Waals surface area (Å²) >= 11 is 0. The molecule has 0 aliphatic rings. The molecule has 0 bridgehead atoms. The van der Waals surface area contributed by atoms with Crippen molar-refractivity contribution >= 4 is 9.84 Å². The molecule has 5 heteroatoms. The molecule has 0 aromatic heterocycles. The smallest absolute Gasteiger partial charge is 0.150 e. The largest absolute Gasteiger partial charge is 0.313 e. The molecule has 0 spiro atoms. The minimum Gasteiger partial charge on any atom is -0.313 e. The first-order valence-electron chi connectivity index (χ1n) is 5.69. The van der Waals surface area contributed by atoms with Crippen molar-refractivity contribution in [1.82, 2.24) is 5.32 Å². The molecule has 0 unspecified atom stereocenters. The van der Waals surface area contributed by atoms with Crippen LogP contribution >= 0.6 is 0 Å². The van der Waals surface area contributed by atoms with Gasteiger partial charge in [0.2, 0.25) is 0 Å². The van der Waals surface area contributed by atoms with Crippen molar-refractivity contribution in [2.75, 3.05) is 18.1 Å². The quantitative estimate of drug-likeness (QED) is 0.759. The van der Waals surface area contributed by atoms with Gasteiger partial charge in [-0.05, 0) is 30.7 Å². The topological polar surface area (TPSA) is 46.2 Å². The Bertz CT molecular complexity index is 446. The van der Waals surface area contributed by atoms with E-state index in [1.165, 1.54) is 12.1 Å². The molecule has 1 N–H and O–H groups in total. The number of halogens is 1. The maximum Gasteiger partial charge on any atom is 0.150 e. The number of hydrogen-bond donors (Lipinski definition) is 1. The molecule has 0 amide bonds. The van der Waals surface area contributed by atoms with Gasteiger partial charge >= 0.3 is 0 Å². The van der Waals surface area contributed by atoms with Gasteiger partial charge in [0.05, 0.1) is 5.75 Å². The summed E-state index contributed by atoms with van der Waals surface area (Å²) in [5.74, 6) is 0.147. The summed E-state index contributed by atoms with van der Waals surface area (Å²) in [5.41, 5.74) is 0.864. The summed E-state index contributed by atoms with van der Waals surface area (Å²) in [6, 6.07) is 6.36. The second-order valence-corrected chi connectivity index (χ2v) is 6.37. The van der Waals surface area contributed by atoms with E-state index in [4.69, 9.17) is 0 Å². The Labute approximate surface area is 102 Å². The van der Waals surface area contributed by atoms with Crippen LogP contribution in [0.1, 0.15) is 18.9 Å². The molecule has 1 aromatic rings. The second-order valence-electron chi connectivity index (χ2n) is 3.90. The third kappa shape index (κ3) is 5.79. The Morgan fingerprint density at radius 2 is 2.12 bits per heavy atom. The SMILES string of the molecule is CCS(=O)(=O)CCCNCc1cccc(F)c1. The van der Waals surface area contributed by atoms with Crippen LogP contribution in [0.2, 0.25) is 0 Å². The Kier molecular flexibility index (Phi) is 5.58. The van der Waals surface area contributed by atoms with Gasteiger partial charge in [-0.15, -0.1) is 0 Å². The summed E-state index contributed by atoms with van der Waals surface area (Å²) in [7, 11) is -2.87. The van der Waals surface area contributed by atoms with Gasteiger partial charge in [0.25, 0.3) is 0 Å². The van der Waals surface area contributed by atoms with Gasteiger partial charge in [-0.25, -0.2) is 12.8 Å². The van der Waals surface area contributed by atoms with E-state index in [-0.39, 0.29) is 17.3 Å². The van der Waals surface area contributed by atoms with Crippen LogP contribution in [-0.4, -0.2) is 26.5 Å². The Morgan fingerprint density at radius 3 is 2.76 bits per heavy atom. The zero-order chi connectivity index (χ0) is 12.7. The highest BCUT2D eigenvalue weighted by atomic mass is 32.2. The molecule has 0 atom stereocenters. The normalized spacial score (nSPS) is 11.6. The summed E-state index contributed by atoms with van der Waals surface area (Å²) in [4.78, 5) is 0. The lowest BCUT2D eigenvalue weighted by molar-refractivity contribution is 0.589. The van der Waals surface area contributed by atoms with E-state index in [0.717, 1.165) is 5.56 Å². The van der Waals surface area contributed by atoms with Crippen molar-refractivity contribution in [1.29, 1.82) is 0 Å². The zero-order valence-electron chi connectivity index (χ0n) is 9.95. The number of hydrogen-bond acceptors (Lipinski definition) is 3. The number of sulfone groups is 1. The van der Waals surface area contributed by atoms with E-state index in [1.807, 2.05) is 6.07 Å². The highest BCUT2D eigenvalue weighted by Gasteiger charge is 2.05. The first-order chi connectivity index (χ1) is 8.03. The van der Waals surface area contributed by atoms with Crippen LogP contribution in [0.5, 0.6) is 0 Å². The van der Waals surface area contributed by atoms with Crippen LogP contribution in [0.15, 0.2) is 24.3 Å². The van der Waals surface area contributed by atoms with E-state index in [2.05, 4.69) is 5.32 Å². The Balaban J connectivity index is 2.21. The molecule has 0 radical (unpaired) electrons. The molecule has 96 valence electrons. The van der Waals surface area contributed by atoms with Crippen LogP contribution in [0.4, 0.5) is 4.39 Å². The van der Waals surface area contributed by atoms with Crippen LogP contribution < -0.4 is 5.32 Å². The van der Waals surface area contributed by atoms with E-state index in [0.29, 0.717) is 19.5 Å². The molecule has 0 heterocycles. The predicted molar refractivity (Wildman–Crippen MR) is 67.1 cm³/mol. The number of benzene rings is 1. The lowest BCUT2D eigenvalue weighted by Gasteiger charge is -2.05. The fourth-order valence-electron chi connectivity index (χ4n) is 1.44. The Morgan fingerprint density at radius 1 is 1.35 bits per heavy atom. The second kappa shape index (κ2) is 6.71. The number of nitrogens with one attached hydrogen (secondary N) is 1. The van der Waals surface area contributed by atoms with Crippen molar-refractivity contribution in [2.45, 2.75) is 19.9 Å². The fourth-order valence-corrected chi connectivity index (χ4v) is 2.31. The van der Waals surface area contributed by atoms with E-state index >= 15 is 0 Å². The van der Waals surface area contributed by atoms with E-state index < -0.39 is 9.84 Å². The average molecular weight is 259 g/mol. The lowest BCUT2D eigenvalue weighted by atomic mass is 10.2. The first kappa shape index (κ1) is 14.1. The minimum atomic E-state index is -2.87. The van der Waals surface area contributed by atoms with Gasteiger partial charge in [0, 0.05) is 12.3 Å². The zero-order valence-corrected chi connectivity index (χ0v) is 10.8. The van der Waals surface area contributed by atoms with Crippen LogP contribution in [0.25, 0.3) is 0 Å². The number of rotatable bonds is 7. The maximum atomic E-state index is 12.8. The van der Waals surface area contributed by atoms with Crippen molar-refractivity contribution in [3.05, 3.63) is 35.6 Å². The molecule has 0 saturated carbocycles. The lowest BCUT2D eigenvalue weighted by Crippen LogP contribution is -2.19. The van der Waals surface area contributed by atoms with E-state index in [1.54, 1.807) is 13.0 Å². The van der Waals surface area contributed by atoms with Crippen molar-refractivity contribution in [3.63, 3.8) is 0 Å². The molecule has 0 saturated heterocycles. The third-order valence-corrected chi connectivity index (χ3v) is 4.26. The fraction of sp³-hybridized carbons (Fsp3) is 0.500. The summed E-state index contributed by atoms with van der Waals surface area (Å²) in [6.07, 6.45) is 0.589. The monoisotopic (exact) mass is 259 g/mol.